The van der Waals surface area contributed by atoms with Crippen molar-refractivity contribution in [2.24, 2.45) is 5.73 Å². The van der Waals surface area contributed by atoms with Crippen LogP contribution in [-0.4, -0.2) is 17.3 Å². The van der Waals surface area contributed by atoms with Crippen LogP contribution >= 0.6 is 11.3 Å². The van der Waals surface area contributed by atoms with E-state index in [1.807, 2.05) is 5.38 Å². The van der Waals surface area contributed by atoms with Crippen LogP contribution in [0, 0.1) is 0 Å². The third-order valence-electron chi connectivity index (χ3n) is 1.99. The fraction of sp³-hybridized carbons (Fsp3) is 0.600. The number of carbonyl (C=O) groups excluding carboxylic acids is 1. The quantitative estimate of drug-likeness (QED) is 0.701. The third kappa shape index (κ3) is 4.48. The summed E-state index contributed by atoms with van der Waals surface area (Å²) >= 11 is 1.54. The van der Waals surface area contributed by atoms with Gasteiger partial charge in [0, 0.05) is 18.0 Å². The van der Waals surface area contributed by atoms with Gasteiger partial charge in [-0.15, -0.1) is 11.3 Å². The molecule has 0 aliphatic rings. The number of nitrogens with two attached hydrogens (primary N) is 1. The molecule has 3 nitrogen and oxygen atoms in total. The molecule has 0 aliphatic heterocycles. The molecule has 2 N–H and O–H groups in total. The van der Waals surface area contributed by atoms with Crippen LogP contribution < -0.4 is 5.73 Å². The van der Waals surface area contributed by atoms with E-state index in [4.69, 9.17) is 5.73 Å². The number of rotatable bonds is 7. The van der Waals surface area contributed by atoms with Crippen LogP contribution in [-0.2, 0) is 11.2 Å². The number of hydrogen-bond donors (Lipinski definition) is 1. The lowest BCUT2D eigenvalue weighted by molar-refractivity contribution is -0.118. The topological polar surface area (TPSA) is 56.0 Å². The standard InChI is InChI=1S/C10H16N2OS/c11-5-3-1-2-4-9(13)8-10-12-6-7-14-10/h6-7H,1-5,8,11H2. The van der Waals surface area contributed by atoms with Gasteiger partial charge < -0.3 is 5.73 Å². The Hall–Kier alpha value is -0.740. The zero-order chi connectivity index (χ0) is 10.2. The van der Waals surface area contributed by atoms with Crippen molar-refractivity contribution in [3.8, 4) is 0 Å². The highest BCUT2D eigenvalue weighted by molar-refractivity contribution is 7.09. The summed E-state index contributed by atoms with van der Waals surface area (Å²) in [5.74, 6) is 0.289. The van der Waals surface area contributed by atoms with Gasteiger partial charge >= 0.3 is 0 Å². The molecule has 1 aromatic rings. The fourth-order valence-corrected chi connectivity index (χ4v) is 1.89. The second-order valence-corrected chi connectivity index (χ2v) is 4.22. The zero-order valence-electron chi connectivity index (χ0n) is 8.24. The van der Waals surface area contributed by atoms with Crippen LogP contribution in [0.5, 0.6) is 0 Å². The van der Waals surface area contributed by atoms with E-state index >= 15 is 0 Å². The maximum absolute atomic E-state index is 11.4. The lowest BCUT2D eigenvalue weighted by atomic mass is 10.1. The number of ketones is 1. The highest BCUT2D eigenvalue weighted by Gasteiger charge is 2.04. The summed E-state index contributed by atoms with van der Waals surface area (Å²) in [7, 11) is 0. The third-order valence-corrected chi connectivity index (χ3v) is 2.77. The molecule has 1 heterocycles. The molecule has 14 heavy (non-hydrogen) atoms. The molecule has 0 spiro atoms. The Bertz CT molecular complexity index is 259. The van der Waals surface area contributed by atoms with Gasteiger partial charge in [-0.05, 0) is 19.4 Å². The van der Waals surface area contributed by atoms with E-state index in [1.165, 1.54) is 0 Å². The van der Waals surface area contributed by atoms with Gasteiger partial charge in [0.15, 0.2) is 0 Å². The van der Waals surface area contributed by atoms with E-state index in [9.17, 15) is 4.79 Å². The molecule has 1 aromatic heterocycles. The van der Waals surface area contributed by atoms with Crippen molar-refractivity contribution >= 4 is 17.1 Å². The molecule has 0 aromatic carbocycles. The Labute approximate surface area is 88.3 Å². The van der Waals surface area contributed by atoms with Gasteiger partial charge in [-0.1, -0.05) is 6.42 Å². The number of hydrogen-bond acceptors (Lipinski definition) is 4. The summed E-state index contributed by atoms with van der Waals surface area (Å²) in [6.45, 7) is 0.723. The van der Waals surface area contributed by atoms with E-state index in [0.29, 0.717) is 12.8 Å². The van der Waals surface area contributed by atoms with Gasteiger partial charge in [0.05, 0.1) is 11.4 Å². The normalized spacial score (nSPS) is 10.4. The van der Waals surface area contributed by atoms with Gasteiger partial charge in [-0.3, -0.25) is 4.79 Å². The average molecular weight is 212 g/mol. The summed E-state index contributed by atoms with van der Waals surface area (Å²) < 4.78 is 0. The predicted molar refractivity (Wildman–Crippen MR) is 58.3 cm³/mol. The first-order chi connectivity index (χ1) is 6.83. The van der Waals surface area contributed by atoms with Gasteiger partial charge in [0.1, 0.15) is 5.78 Å². The Morgan fingerprint density at radius 3 is 2.93 bits per heavy atom. The SMILES string of the molecule is NCCCCCC(=O)Cc1nccs1. The van der Waals surface area contributed by atoms with Crippen molar-refractivity contribution in [3.05, 3.63) is 16.6 Å². The molecule has 0 saturated carbocycles. The van der Waals surface area contributed by atoms with Crippen LogP contribution in [0.3, 0.4) is 0 Å². The number of Topliss-reactive ketones (excluding diaryl/α,β-unsaturated/α-hetero) is 1. The summed E-state index contributed by atoms with van der Waals surface area (Å²) in [6.07, 6.45) is 5.94. The van der Waals surface area contributed by atoms with Gasteiger partial charge in [-0.2, -0.15) is 0 Å². The molecule has 0 radical (unpaired) electrons. The number of carbonyl (C=O) groups is 1. The molecule has 0 saturated heterocycles. The van der Waals surface area contributed by atoms with Crippen molar-refractivity contribution in [3.63, 3.8) is 0 Å². The van der Waals surface area contributed by atoms with Crippen LogP contribution in [0.1, 0.15) is 30.7 Å². The first-order valence-electron chi connectivity index (χ1n) is 4.93. The molecule has 0 unspecified atom stereocenters. The molecule has 0 amide bonds. The summed E-state index contributed by atoms with van der Waals surface area (Å²) in [6, 6.07) is 0. The first kappa shape index (κ1) is 11.3. The lowest BCUT2D eigenvalue weighted by Gasteiger charge is -1.98. The Kier molecular flexibility index (Phi) is 5.40. The van der Waals surface area contributed by atoms with Crippen molar-refractivity contribution in [1.29, 1.82) is 0 Å². The molecule has 0 bridgehead atoms. The fourth-order valence-electron chi connectivity index (χ4n) is 1.24. The largest absolute Gasteiger partial charge is 0.330 e. The second kappa shape index (κ2) is 6.68. The summed E-state index contributed by atoms with van der Waals surface area (Å²) in [5, 5.41) is 2.82. The van der Waals surface area contributed by atoms with Crippen molar-refractivity contribution in [2.45, 2.75) is 32.1 Å². The number of aromatic nitrogens is 1. The molecule has 0 fully saturated rings. The molecule has 0 aliphatic carbocycles. The van der Waals surface area contributed by atoms with Crippen LogP contribution in [0.15, 0.2) is 11.6 Å². The monoisotopic (exact) mass is 212 g/mol. The molecule has 0 atom stereocenters. The van der Waals surface area contributed by atoms with Gasteiger partial charge in [0.2, 0.25) is 0 Å². The molecule has 78 valence electrons. The lowest BCUT2D eigenvalue weighted by Crippen LogP contribution is -2.03. The Morgan fingerprint density at radius 1 is 1.43 bits per heavy atom. The van der Waals surface area contributed by atoms with E-state index in [0.717, 1.165) is 30.8 Å². The second-order valence-electron chi connectivity index (χ2n) is 3.24. The van der Waals surface area contributed by atoms with Gasteiger partial charge in [0.25, 0.3) is 0 Å². The van der Waals surface area contributed by atoms with Crippen LogP contribution in [0.4, 0.5) is 0 Å². The molecular weight excluding hydrogens is 196 g/mol. The van der Waals surface area contributed by atoms with Gasteiger partial charge in [-0.25, -0.2) is 4.98 Å². The van der Waals surface area contributed by atoms with Crippen molar-refractivity contribution in [1.82, 2.24) is 4.98 Å². The maximum atomic E-state index is 11.4. The van der Waals surface area contributed by atoms with Crippen LogP contribution in [0.25, 0.3) is 0 Å². The number of nitrogens with zero attached hydrogens (tertiary/aromatic N) is 1. The summed E-state index contributed by atoms with van der Waals surface area (Å²) in [5.41, 5.74) is 5.36. The summed E-state index contributed by atoms with van der Waals surface area (Å²) in [4.78, 5) is 15.5. The molecule has 4 heteroatoms. The smallest absolute Gasteiger partial charge is 0.139 e. The minimum absolute atomic E-state index is 0.289. The zero-order valence-corrected chi connectivity index (χ0v) is 9.05. The van der Waals surface area contributed by atoms with E-state index < -0.39 is 0 Å². The van der Waals surface area contributed by atoms with E-state index in [2.05, 4.69) is 4.98 Å². The number of thiazole rings is 1. The minimum atomic E-state index is 0.289. The Balaban J connectivity index is 2.11. The van der Waals surface area contributed by atoms with Crippen LogP contribution in [0.2, 0.25) is 0 Å². The highest BCUT2D eigenvalue weighted by atomic mass is 32.1. The van der Waals surface area contributed by atoms with E-state index in [-0.39, 0.29) is 5.78 Å². The maximum Gasteiger partial charge on any atom is 0.139 e. The predicted octanol–water partition coefficient (Wildman–Crippen LogP) is 1.77. The number of unbranched alkanes of at least 4 members (excludes halogenated alkanes) is 2. The first-order valence-corrected chi connectivity index (χ1v) is 5.81. The van der Waals surface area contributed by atoms with Crippen molar-refractivity contribution in [2.75, 3.05) is 6.54 Å². The minimum Gasteiger partial charge on any atom is -0.330 e. The molecular formula is C10H16N2OS. The average Bonchev–Trinajstić information content (AvgIpc) is 2.65. The van der Waals surface area contributed by atoms with Crippen molar-refractivity contribution < 1.29 is 4.79 Å². The Morgan fingerprint density at radius 2 is 2.29 bits per heavy atom. The van der Waals surface area contributed by atoms with E-state index in [1.54, 1.807) is 17.5 Å². The molecule has 1 rings (SSSR count). The highest BCUT2D eigenvalue weighted by Crippen LogP contribution is 2.08.